The third-order valence-corrected chi connectivity index (χ3v) is 7.32. The maximum atomic E-state index is 13.7. The Labute approximate surface area is 210 Å². The molecule has 1 saturated heterocycles. The van der Waals surface area contributed by atoms with Gasteiger partial charge in [-0.25, -0.2) is 0 Å². The Bertz CT molecular complexity index is 1300. The third-order valence-electron chi connectivity index (χ3n) is 7.32. The molecule has 2 aliphatic heterocycles. The first-order valence-electron chi connectivity index (χ1n) is 12.6. The number of hydrogen-bond donors (Lipinski definition) is 2. The molecule has 3 aromatic rings. The first kappa shape index (κ1) is 24.2. The van der Waals surface area contributed by atoms with Crippen LogP contribution in [0.15, 0.2) is 42.5 Å². The smallest absolute Gasteiger partial charge is 0.255 e. The first-order valence-corrected chi connectivity index (χ1v) is 12.6. The van der Waals surface area contributed by atoms with Gasteiger partial charge >= 0.3 is 0 Å². The van der Waals surface area contributed by atoms with E-state index < -0.39 is 5.54 Å². The van der Waals surface area contributed by atoms with Crippen molar-refractivity contribution in [1.82, 2.24) is 14.8 Å². The molecule has 0 radical (unpaired) electrons. The van der Waals surface area contributed by atoms with Gasteiger partial charge in [0, 0.05) is 29.9 Å². The Morgan fingerprint density at radius 1 is 1.11 bits per heavy atom. The van der Waals surface area contributed by atoms with Crippen molar-refractivity contribution < 1.29 is 24.2 Å². The Kier molecular flexibility index (Phi) is 6.38. The van der Waals surface area contributed by atoms with E-state index in [1.807, 2.05) is 50.2 Å². The van der Waals surface area contributed by atoms with Gasteiger partial charge in [-0.3, -0.25) is 9.59 Å². The molecule has 1 unspecified atom stereocenters. The zero-order valence-electron chi connectivity index (χ0n) is 21.0. The van der Waals surface area contributed by atoms with E-state index in [2.05, 4.69) is 18.0 Å². The number of carbonyl (C=O) groups is 2. The van der Waals surface area contributed by atoms with Crippen molar-refractivity contribution in [3.8, 4) is 11.5 Å². The van der Waals surface area contributed by atoms with E-state index in [0.29, 0.717) is 31.3 Å². The Morgan fingerprint density at radius 2 is 1.92 bits per heavy atom. The van der Waals surface area contributed by atoms with Crippen LogP contribution in [0.25, 0.3) is 10.9 Å². The molecule has 2 aliphatic rings. The van der Waals surface area contributed by atoms with Gasteiger partial charge < -0.3 is 29.4 Å². The summed E-state index contributed by atoms with van der Waals surface area (Å²) in [6.45, 7) is 7.19. The summed E-state index contributed by atoms with van der Waals surface area (Å²) in [5.41, 5.74) is 2.48. The highest BCUT2D eigenvalue weighted by atomic mass is 16.5. The number of benzene rings is 2. The number of amides is 2. The maximum Gasteiger partial charge on any atom is 0.255 e. The van der Waals surface area contributed by atoms with Crippen molar-refractivity contribution in [2.45, 2.75) is 38.6 Å². The van der Waals surface area contributed by atoms with Crippen LogP contribution in [0, 0.1) is 0 Å². The molecule has 2 aromatic carbocycles. The lowest BCUT2D eigenvalue weighted by atomic mass is 9.76. The second-order valence-electron chi connectivity index (χ2n) is 9.53. The van der Waals surface area contributed by atoms with Crippen LogP contribution in [-0.2, 0) is 15.1 Å². The zero-order chi connectivity index (χ0) is 25.4. The molecule has 0 aliphatic carbocycles. The number of aliphatic hydroxyl groups excluding tert-OH is 1. The first-order chi connectivity index (χ1) is 17.4. The monoisotopic (exact) mass is 491 g/mol. The van der Waals surface area contributed by atoms with E-state index in [4.69, 9.17) is 9.47 Å². The molecule has 3 heterocycles. The van der Waals surface area contributed by atoms with E-state index in [1.165, 1.54) is 4.90 Å². The number of aromatic nitrogens is 1. The number of hydrogen-bond acceptors (Lipinski definition) is 5. The number of nitrogens with one attached hydrogen (secondary N) is 1. The van der Waals surface area contributed by atoms with Crippen molar-refractivity contribution in [3.63, 3.8) is 0 Å². The standard InChI is InChI=1S/C28H33N3O5/c1-4-14-36-22-11-10-18(15-23(22)35-5-2)20-16-31-24(33)17-30(12-13-32)27(34)28(31,3)26-25(20)19-8-6-7-9-21(19)29-26/h6-11,15,20,29,32H,4-5,12-14,16-17H2,1-3H3/t20?,28-/m0/s1. The number of nitrogens with zero attached hydrogens (tertiary/aromatic N) is 2. The molecule has 0 bridgehead atoms. The number of carbonyl (C=O) groups excluding carboxylic acids is 2. The molecule has 2 amide bonds. The molecule has 8 nitrogen and oxygen atoms in total. The molecule has 0 spiro atoms. The summed E-state index contributed by atoms with van der Waals surface area (Å²) in [6.07, 6.45) is 0.894. The van der Waals surface area contributed by atoms with Crippen LogP contribution < -0.4 is 9.47 Å². The van der Waals surface area contributed by atoms with E-state index in [9.17, 15) is 14.7 Å². The van der Waals surface area contributed by atoms with Crippen LogP contribution in [0.2, 0.25) is 0 Å². The van der Waals surface area contributed by atoms with Gasteiger partial charge in [0.2, 0.25) is 5.91 Å². The van der Waals surface area contributed by atoms with Crippen LogP contribution in [0.5, 0.6) is 11.5 Å². The van der Waals surface area contributed by atoms with Crippen molar-refractivity contribution in [3.05, 3.63) is 59.3 Å². The molecule has 8 heteroatoms. The molecule has 0 saturated carbocycles. The number of β-amino-alcohol motifs (C(OH)–C–C–N with tert-alkyl or cyclic N) is 1. The van der Waals surface area contributed by atoms with Gasteiger partial charge in [-0.1, -0.05) is 31.2 Å². The van der Waals surface area contributed by atoms with Gasteiger partial charge in [0.25, 0.3) is 5.91 Å². The largest absolute Gasteiger partial charge is 0.490 e. The normalized spacial score (nSPS) is 21.5. The zero-order valence-corrected chi connectivity index (χ0v) is 21.0. The summed E-state index contributed by atoms with van der Waals surface area (Å²) < 4.78 is 11.8. The Morgan fingerprint density at radius 3 is 2.67 bits per heavy atom. The summed E-state index contributed by atoms with van der Waals surface area (Å²) in [6, 6.07) is 14.0. The predicted octanol–water partition coefficient (Wildman–Crippen LogP) is 3.38. The molecule has 5 rings (SSSR count). The lowest BCUT2D eigenvalue weighted by Crippen LogP contribution is -2.67. The highest BCUT2D eigenvalue weighted by molar-refractivity contribution is 6.01. The molecule has 2 N–H and O–H groups in total. The second-order valence-corrected chi connectivity index (χ2v) is 9.53. The Balaban J connectivity index is 1.68. The van der Waals surface area contributed by atoms with Crippen molar-refractivity contribution in [1.29, 1.82) is 0 Å². The number of aromatic amines is 1. The molecule has 190 valence electrons. The number of piperazine rings is 1. The van der Waals surface area contributed by atoms with Crippen LogP contribution in [0.1, 0.15) is 49.9 Å². The van der Waals surface area contributed by atoms with Crippen molar-refractivity contribution in [2.24, 2.45) is 0 Å². The highest BCUT2D eigenvalue weighted by Gasteiger charge is 2.56. The second kappa shape index (κ2) is 9.50. The SMILES string of the molecule is CCCOc1ccc(C2CN3C(=O)CN(CCO)C(=O)[C@]3(C)c3[nH]c4ccccc4c32)cc1OCC. The fourth-order valence-electron chi connectivity index (χ4n) is 5.62. The summed E-state index contributed by atoms with van der Waals surface area (Å²) in [4.78, 5) is 33.8. The summed E-state index contributed by atoms with van der Waals surface area (Å²) >= 11 is 0. The van der Waals surface area contributed by atoms with Crippen LogP contribution in [0.3, 0.4) is 0 Å². The van der Waals surface area contributed by atoms with Gasteiger partial charge in [0.15, 0.2) is 17.0 Å². The quantitative estimate of drug-likeness (QED) is 0.504. The average Bonchev–Trinajstić information content (AvgIpc) is 3.28. The summed E-state index contributed by atoms with van der Waals surface area (Å²) in [5.74, 6) is 0.901. The van der Waals surface area contributed by atoms with E-state index in [1.54, 1.807) is 4.90 Å². The van der Waals surface area contributed by atoms with Crippen LogP contribution >= 0.6 is 0 Å². The van der Waals surface area contributed by atoms with E-state index >= 15 is 0 Å². The maximum absolute atomic E-state index is 13.7. The minimum Gasteiger partial charge on any atom is -0.490 e. The number of ether oxygens (including phenoxy) is 2. The highest BCUT2D eigenvalue weighted by Crippen LogP contribution is 2.48. The molecular formula is C28H33N3O5. The number of H-pyrrole nitrogens is 1. The van der Waals surface area contributed by atoms with Crippen LogP contribution in [-0.4, -0.2) is 71.2 Å². The number of para-hydroxylation sites is 1. The van der Waals surface area contributed by atoms with Gasteiger partial charge in [-0.05, 0) is 49.6 Å². The van der Waals surface area contributed by atoms with Crippen molar-refractivity contribution >= 4 is 22.7 Å². The number of aliphatic hydroxyl groups is 1. The van der Waals surface area contributed by atoms with Gasteiger partial charge in [-0.15, -0.1) is 0 Å². The summed E-state index contributed by atoms with van der Waals surface area (Å²) in [5, 5.41) is 10.5. The van der Waals surface area contributed by atoms with E-state index in [0.717, 1.165) is 34.1 Å². The topological polar surface area (TPSA) is 95.1 Å². The van der Waals surface area contributed by atoms with E-state index in [-0.39, 0.29) is 37.4 Å². The Hall–Kier alpha value is -3.52. The van der Waals surface area contributed by atoms with Gasteiger partial charge in [-0.2, -0.15) is 0 Å². The minimum absolute atomic E-state index is 0.0365. The molecule has 2 atom stereocenters. The molecular weight excluding hydrogens is 458 g/mol. The van der Waals surface area contributed by atoms with Crippen molar-refractivity contribution in [2.75, 3.05) is 39.5 Å². The lowest BCUT2D eigenvalue weighted by molar-refractivity contribution is -0.166. The van der Waals surface area contributed by atoms with Crippen LogP contribution in [0.4, 0.5) is 0 Å². The van der Waals surface area contributed by atoms with Gasteiger partial charge in [0.1, 0.15) is 0 Å². The minimum atomic E-state index is -1.18. The average molecular weight is 492 g/mol. The summed E-state index contributed by atoms with van der Waals surface area (Å²) in [7, 11) is 0. The lowest BCUT2D eigenvalue weighted by Gasteiger charge is -2.51. The third kappa shape index (κ3) is 3.71. The number of rotatable bonds is 8. The predicted molar refractivity (Wildman–Crippen MR) is 136 cm³/mol. The number of fused-ring (bicyclic) bond motifs is 5. The fraction of sp³-hybridized carbons (Fsp3) is 0.429. The molecule has 36 heavy (non-hydrogen) atoms. The van der Waals surface area contributed by atoms with Gasteiger partial charge in [0.05, 0.1) is 32.1 Å². The molecule has 1 aromatic heterocycles. The fourth-order valence-corrected chi connectivity index (χ4v) is 5.62. The molecule has 1 fully saturated rings.